The third-order valence-electron chi connectivity index (χ3n) is 2.72. The van der Waals surface area contributed by atoms with Crippen LogP contribution in [0.15, 0.2) is 48.5 Å². The van der Waals surface area contributed by atoms with Crippen molar-refractivity contribution in [1.29, 1.82) is 0 Å². The zero-order valence-electron chi connectivity index (χ0n) is 10.2. The molecule has 1 unspecified atom stereocenters. The molecule has 0 aliphatic rings. The average molecular weight is 247 g/mol. The molecule has 0 aliphatic heterocycles. The zero-order valence-corrected chi connectivity index (χ0v) is 10.2. The number of nitrogens with one attached hydrogen (secondary N) is 1. The van der Waals surface area contributed by atoms with Crippen LogP contribution in [-0.4, -0.2) is 6.04 Å². The Balaban J connectivity index is 2.01. The van der Waals surface area contributed by atoms with Crippen LogP contribution >= 0.6 is 0 Å². The first-order valence-electron chi connectivity index (χ1n) is 5.90. The van der Waals surface area contributed by atoms with Gasteiger partial charge in [0.2, 0.25) is 0 Å². The summed E-state index contributed by atoms with van der Waals surface area (Å²) < 4.78 is 26.2. The van der Waals surface area contributed by atoms with Crippen molar-refractivity contribution in [2.45, 2.75) is 19.4 Å². The van der Waals surface area contributed by atoms with Gasteiger partial charge in [-0.25, -0.2) is 8.78 Å². The second-order valence-corrected chi connectivity index (χ2v) is 4.36. The van der Waals surface area contributed by atoms with Gasteiger partial charge in [-0.05, 0) is 31.0 Å². The van der Waals surface area contributed by atoms with E-state index in [4.69, 9.17) is 0 Å². The Hall–Kier alpha value is -1.90. The molecular formula is C15H15F2N. The summed E-state index contributed by atoms with van der Waals surface area (Å²) in [6.45, 7) is 1.97. The number of anilines is 1. The van der Waals surface area contributed by atoms with E-state index in [1.807, 2.05) is 37.3 Å². The van der Waals surface area contributed by atoms with Crippen LogP contribution in [0.5, 0.6) is 0 Å². The third-order valence-corrected chi connectivity index (χ3v) is 2.72. The summed E-state index contributed by atoms with van der Waals surface area (Å²) in [6, 6.07) is 13.6. The van der Waals surface area contributed by atoms with Gasteiger partial charge < -0.3 is 5.32 Å². The molecule has 94 valence electrons. The van der Waals surface area contributed by atoms with Gasteiger partial charge in [-0.1, -0.05) is 30.3 Å². The number of benzene rings is 2. The number of rotatable bonds is 4. The molecule has 1 N–H and O–H groups in total. The van der Waals surface area contributed by atoms with Crippen molar-refractivity contribution in [3.05, 3.63) is 65.7 Å². The van der Waals surface area contributed by atoms with Crippen molar-refractivity contribution in [2.75, 3.05) is 5.32 Å². The van der Waals surface area contributed by atoms with Crippen molar-refractivity contribution in [2.24, 2.45) is 0 Å². The molecule has 0 saturated carbocycles. The van der Waals surface area contributed by atoms with Crippen molar-refractivity contribution in [1.82, 2.24) is 0 Å². The van der Waals surface area contributed by atoms with Crippen LogP contribution in [0.25, 0.3) is 0 Å². The van der Waals surface area contributed by atoms with Gasteiger partial charge in [0.25, 0.3) is 0 Å². The molecule has 0 heterocycles. The molecule has 0 radical (unpaired) electrons. The highest BCUT2D eigenvalue weighted by molar-refractivity contribution is 5.45. The van der Waals surface area contributed by atoms with Crippen molar-refractivity contribution in [3.8, 4) is 0 Å². The van der Waals surface area contributed by atoms with Gasteiger partial charge in [-0.3, -0.25) is 0 Å². The fraction of sp³-hybridized carbons (Fsp3) is 0.200. The van der Waals surface area contributed by atoms with Gasteiger partial charge in [-0.2, -0.15) is 0 Å². The van der Waals surface area contributed by atoms with Crippen molar-refractivity contribution in [3.63, 3.8) is 0 Å². The van der Waals surface area contributed by atoms with Crippen LogP contribution in [0.4, 0.5) is 14.5 Å². The first-order chi connectivity index (χ1) is 8.65. The molecule has 0 bridgehead atoms. The Morgan fingerprint density at radius 2 is 1.78 bits per heavy atom. The summed E-state index contributed by atoms with van der Waals surface area (Å²) in [5.74, 6) is -1.12. The van der Waals surface area contributed by atoms with Gasteiger partial charge in [-0.15, -0.1) is 0 Å². The van der Waals surface area contributed by atoms with Crippen molar-refractivity contribution < 1.29 is 8.78 Å². The quantitative estimate of drug-likeness (QED) is 0.860. The van der Waals surface area contributed by atoms with E-state index in [9.17, 15) is 8.78 Å². The molecule has 0 spiro atoms. The van der Waals surface area contributed by atoms with Crippen LogP contribution in [0.3, 0.4) is 0 Å². The van der Waals surface area contributed by atoms with Crippen LogP contribution < -0.4 is 5.32 Å². The van der Waals surface area contributed by atoms with Crippen LogP contribution in [0.1, 0.15) is 12.5 Å². The summed E-state index contributed by atoms with van der Waals surface area (Å²) in [6.07, 6.45) is 0.789. The zero-order chi connectivity index (χ0) is 13.0. The topological polar surface area (TPSA) is 12.0 Å². The van der Waals surface area contributed by atoms with E-state index in [0.29, 0.717) is 5.69 Å². The minimum atomic E-state index is -0.561. The van der Waals surface area contributed by atoms with Crippen LogP contribution in [0.2, 0.25) is 0 Å². The predicted molar refractivity (Wildman–Crippen MR) is 69.6 cm³/mol. The van der Waals surface area contributed by atoms with Gasteiger partial charge in [0.05, 0.1) is 5.69 Å². The van der Waals surface area contributed by atoms with Crippen molar-refractivity contribution >= 4 is 5.69 Å². The maximum Gasteiger partial charge on any atom is 0.149 e. The van der Waals surface area contributed by atoms with E-state index >= 15 is 0 Å². The lowest BCUT2D eigenvalue weighted by Gasteiger charge is -2.15. The molecular weight excluding hydrogens is 232 g/mol. The Labute approximate surface area is 105 Å². The Morgan fingerprint density at radius 3 is 2.44 bits per heavy atom. The largest absolute Gasteiger partial charge is 0.380 e. The second kappa shape index (κ2) is 5.63. The normalized spacial score (nSPS) is 12.2. The SMILES string of the molecule is CC(Cc1ccccc1)Nc1ccc(F)cc1F. The fourth-order valence-corrected chi connectivity index (χ4v) is 1.89. The lowest BCUT2D eigenvalue weighted by Crippen LogP contribution is -2.18. The van der Waals surface area contributed by atoms with E-state index in [-0.39, 0.29) is 6.04 Å². The Kier molecular flexibility index (Phi) is 3.92. The average Bonchev–Trinajstić information content (AvgIpc) is 2.34. The fourth-order valence-electron chi connectivity index (χ4n) is 1.89. The number of hydrogen-bond acceptors (Lipinski definition) is 1. The molecule has 2 aromatic rings. The maximum atomic E-state index is 13.4. The summed E-state index contributed by atoms with van der Waals surface area (Å²) in [5, 5.41) is 3.04. The molecule has 1 atom stereocenters. The van der Waals surface area contributed by atoms with E-state index in [0.717, 1.165) is 12.5 Å². The molecule has 0 amide bonds. The lowest BCUT2D eigenvalue weighted by molar-refractivity contribution is 0.583. The third kappa shape index (κ3) is 3.29. The van der Waals surface area contributed by atoms with Gasteiger partial charge in [0, 0.05) is 12.1 Å². The molecule has 0 fully saturated rings. The Morgan fingerprint density at radius 1 is 1.06 bits per heavy atom. The van der Waals surface area contributed by atoms with E-state index in [2.05, 4.69) is 5.32 Å². The highest BCUT2D eigenvalue weighted by Crippen LogP contribution is 2.17. The summed E-state index contributed by atoms with van der Waals surface area (Å²) in [7, 11) is 0. The molecule has 0 saturated heterocycles. The van der Waals surface area contributed by atoms with Crippen LogP contribution in [0, 0.1) is 11.6 Å². The molecule has 3 heteroatoms. The molecule has 0 aromatic heterocycles. The number of hydrogen-bond donors (Lipinski definition) is 1. The summed E-state index contributed by atoms with van der Waals surface area (Å²) in [4.78, 5) is 0. The molecule has 1 nitrogen and oxygen atoms in total. The highest BCUT2D eigenvalue weighted by atomic mass is 19.1. The summed E-state index contributed by atoms with van der Waals surface area (Å²) in [5.41, 5.74) is 1.51. The first-order valence-corrected chi connectivity index (χ1v) is 5.90. The monoisotopic (exact) mass is 247 g/mol. The second-order valence-electron chi connectivity index (χ2n) is 4.36. The van der Waals surface area contributed by atoms with E-state index in [1.165, 1.54) is 17.7 Å². The first kappa shape index (κ1) is 12.6. The summed E-state index contributed by atoms with van der Waals surface area (Å²) >= 11 is 0. The smallest absolute Gasteiger partial charge is 0.149 e. The highest BCUT2D eigenvalue weighted by Gasteiger charge is 2.07. The van der Waals surface area contributed by atoms with Gasteiger partial charge in [0.1, 0.15) is 11.6 Å². The number of halogens is 2. The minimum absolute atomic E-state index is 0.0763. The van der Waals surface area contributed by atoms with Gasteiger partial charge in [0.15, 0.2) is 0 Å². The predicted octanol–water partition coefficient (Wildman–Crippen LogP) is 4.01. The Bertz CT molecular complexity index is 511. The molecule has 0 aliphatic carbocycles. The van der Waals surface area contributed by atoms with Crippen LogP contribution in [-0.2, 0) is 6.42 Å². The standard InChI is InChI=1S/C15H15F2N/c1-11(9-12-5-3-2-4-6-12)18-15-8-7-13(16)10-14(15)17/h2-8,10-11,18H,9H2,1H3. The van der Waals surface area contributed by atoms with E-state index in [1.54, 1.807) is 0 Å². The van der Waals surface area contributed by atoms with E-state index < -0.39 is 11.6 Å². The molecule has 2 aromatic carbocycles. The van der Waals surface area contributed by atoms with Gasteiger partial charge >= 0.3 is 0 Å². The molecule has 2 rings (SSSR count). The molecule has 18 heavy (non-hydrogen) atoms. The lowest BCUT2D eigenvalue weighted by atomic mass is 10.1. The maximum absolute atomic E-state index is 13.4. The minimum Gasteiger partial charge on any atom is -0.380 e.